The van der Waals surface area contributed by atoms with E-state index in [2.05, 4.69) is 10.3 Å². The summed E-state index contributed by atoms with van der Waals surface area (Å²) in [4.78, 5) is 4.00. The lowest BCUT2D eigenvalue weighted by Gasteiger charge is -2.32. The number of nitrogens with zero attached hydrogens (tertiary/aromatic N) is 1. The Morgan fingerprint density at radius 1 is 1.29 bits per heavy atom. The Morgan fingerprint density at radius 2 is 1.81 bits per heavy atom. The van der Waals surface area contributed by atoms with Crippen molar-refractivity contribution in [2.45, 2.75) is 64.0 Å². The van der Waals surface area contributed by atoms with Gasteiger partial charge in [0, 0.05) is 17.9 Å². The molecule has 0 aromatic rings. The number of allylic oxidation sites excluding steroid dienone is 1. The molecule has 2 heterocycles. The Hall–Kier alpha value is -0.985. The first-order valence-electron chi connectivity index (χ1n) is 6.89. The highest BCUT2D eigenvalue weighted by Gasteiger charge is 2.52. The monoisotopic (exact) mass is 301 g/mol. The number of nitrogens with one attached hydrogen (secondary N) is 1. The number of hydrogen-bond donors (Lipinski definition) is 2. The lowest BCUT2D eigenvalue weighted by molar-refractivity contribution is -0.0117. The molecular formula is C13H22BF2N3O2. The average Bonchev–Trinajstić information content (AvgIpc) is 2.45. The van der Waals surface area contributed by atoms with Crippen LogP contribution in [0.1, 0.15) is 41.0 Å². The predicted molar refractivity (Wildman–Crippen MR) is 77.9 cm³/mol. The Labute approximate surface area is 124 Å². The van der Waals surface area contributed by atoms with Crippen molar-refractivity contribution in [3.8, 4) is 0 Å². The van der Waals surface area contributed by atoms with E-state index in [1.165, 1.54) is 12.4 Å². The molecule has 2 aliphatic rings. The molecular weight excluding hydrogens is 279 g/mol. The topological polar surface area (TPSA) is 68.9 Å². The molecule has 118 valence electrons. The van der Waals surface area contributed by atoms with Crippen molar-refractivity contribution in [1.29, 1.82) is 0 Å². The van der Waals surface area contributed by atoms with Gasteiger partial charge < -0.3 is 14.6 Å². The van der Waals surface area contributed by atoms with Gasteiger partial charge in [-0.2, -0.15) is 0 Å². The molecule has 2 rings (SSSR count). The molecule has 1 atom stereocenters. The fourth-order valence-electron chi connectivity index (χ4n) is 2.15. The van der Waals surface area contributed by atoms with E-state index in [1.807, 2.05) is 27.7 Å². The molecule has 1 saturated heterocycles. The first kappa shape index (κ1) is 16.4. The number of alkyl halides is 2. The first-order chi connectivity index (χ1) is 9.34. The molecule has 0 saturated carbocycles. The minimum Gasteiger partial charge on any atom is -0.399 e. The van der Waals surface area contributed by atoms with Gasteiger partial charge in [0.2, 0.25) is 0 Å². The molecule has 5 nitrogen and oxygen atoms in total. The van der Waals surface area contributed by atoms with Crippen molar-refractivity contribution >= 4 is 13.3 Å². The van der Waals surface area contributed by atoms with Crippen molar-refractivity contribution in [3.63, 3.8) is 0 Å². The maximum Gasteiger partial charge on any atom is 0.497 e. The molecule has 0 spiro atoms. The van der Waals surface area contributed by atoms with E-state index < -0.39 is 36.5 Å². The van der Waals surface area contributed by atoms with Crippen molar-refractivity contribution in [3.05, 3.63) is 11.7 Å². The molecule has 0 bridgehead atoms. The summed E-state index contributed by atoms with van der Waals surface area (Å²) in [5, 5.41) is 2.71. The van der Waals surface area contributed by atoms with Gasteiger partial charge in [-0.15, -0.1) is 0 Å². The van der Waals surface area contributed by atoms with Gasteiger partial charge in [-0.3, -0.25) is 10.7 Å². The molecule has 3 N–H and O–H groups in total. The van der Waals surface area contributed by atoms with Crippen LogP contribution in [0.15, 0.2) is 16.7 Å². The fourth-order valence-corrected chi connectivity index (χ4v) is 2.15. The van der Waals surface area contributed by atoms with Crippen molar-refractivity contribution in [2.75, 3.05) is 0 Å². The van der Waals surface area contributed by atoms with Crippen LogP contribution in [0.25, 0.3) is 0 Å². The zero-order valence-corrected chi connectivity index (χ0v) is 13.0. The second kappa shape index (κ2) is 4.76. The summed E-state index contributed by atoms with van der Waals surface area (Å²) >= 11 is 0. The van der Waals surface area contributed by atoms with E-state index in [4.69, 9.17) is 15.0 Å². The van der Waals surface area contributed by atoms with Crippen LogP contribution in [0.2, 0.25) is 0 Å². The van der Waals surface area contributed by atoms with E-state index in [1.54, 1.807) is 0 Å². The Kier molecular flexibility index (Phi) is 3.71. The zero-order valence-electron chi connectivity index (χ0n) is 13.0. The largest absolute Gasteiger partial charge is 0.497 e. The van der Waals surface area contributed by atoms with E-state index in [-0.39, 0.29) is 0 Å². The smallest absolute Gasteiger partial charge is 0.399 e. The van der Waals surface area contributed by atoms with Crippen LogP contribution in [0, 0.1) is 0 Å². The molecule has 2 aliphatic heterocycles. The van der Waals surface area contributed by atoms with Crippen molar-refractivity contribution in [2.24, 2.45) is 10.7 Å². The molecule has 0 amide bonds. The Morgan fingerprint density at radius 3 is 2.19 bits per heavy atom. The maximum absolute atomic E-state index is 13.1. The zero-order chi connectivity index (χ0) is 16.1. The van der Waals surface area contributed by atoms with Gasteiger partial charge in [0.1, 0.15) is 0 Å². The highest BCUT2D eigenvalue weighted by Crippen LogP contribution is 2.38. The average molecular weight is 301 g/mol. The molecule has 0 aliphatic carbocycles. The second-order valence-electron chi connectivity index (χ2n) is 6.81. The van der Waals surface area contributed by atoms with Crippen LogP contribution in [-0.4, -0.2) is 36.2 Å². The van der Waals surface area contributed by atoms with Gasteiger partial charge in [-0.1, -0.05) is 0 Å². The number of hydrogen-bond acceptors (Lipinski definition) is 5. The normalized spacial score (nSPS) is 31.0. The third-order valence-corrected chi connectivity index (χ3v) is 4.04. The first-order valence-corrected chi connectivity index (χ1v) is 6.89. The van der Waals surface area contributed by atoms with Gasteiger partial charge in [-0.25, -0.2) is 8.78 Å². The number of halogens is 2. The summed E-state index contributed by atoms with van der Waals surface area (Å²) in [6.07, 6.45) is 2.37. The van der Waals surface area contributed by atoms with Crippen LogP contribution >= 0.6 is 0 Å². The molecule has 1 unspecified atom stereocenters. The van der Waals surface area contributed by atoms with E-state index >= 15 is 0 Å². The summed E-state index contributed by atoms with van der Waals surface area (Å²) < 4.78 is 37.9. The van der Waals surface area contributed by atoms with Crippen molar-refractivity contribution < 1.29 is 18.1 Å². The quantitative estimate of drug-likeness (QED) is 0.780. The Balaban J connectivity index is 2.07. The molecule has 0 radical (unpaired) electrons. The Bertz CT molecular complexity index is 472. The summed E-state index contributed by atoms with van der Waals surface area (Å²) in [6.45, 7) is 8.56. The third kappa shape index (κ3) is 3.44. The standard InChI is InChI=1S/C13H22BF2N3O2/c1-10(2)11(3,4)21-14(20-10)9-6-18-13(17,19-7-9)8-12(5,15)16/h6-7,18H,8,17H2,1-5H3. The lowest BCUT2D eigenvalue weighted by Crippen LogP contribution is -2.54. The molecule has 0 aromatic heterocycles. The predicted octanol–water partition coefficient (Wildman–Crippen LogP) is 1.83. The van der Waals surface area contributed by atoms with Crippen LogP contribution in [0.4, 0.5) is 8.78 Å². The molecule has 0 aromatic carbocycles. The summed E-state index contributed by atoms with van der Waals surface area (Å²) in [5.41, 5.74) is 5.47. The second-order valence-corrected chi connectivity index (χ2v) is 6.81. The molecule has 8 heteroatoms. The summed E-state index contributed by atoms with van der Waals surface area (Å²) in [6, 6.07) is 0. The van der Waals surface area contributed by atoms with E-state index in [9.17, 15) is 8.78 Å². The number of rotatable bonds is 3. The van der Waals surface area contributed by atoms with Crippen LogP contribution in [0.3, 0.4) is 0 Å². The van der Waals surface area contributed by atoms with Crippen LogP contribution in [-0.2, 0) is 9.31 Å². The van der Waals surface area contributed by atoms with Gasteiger partial charge >= 0.3 is 7.12 Å². The SMILES string of the molecule is CC(F)(F)CC1(N)N=CC(B2OC(C)(C)C(C)(C)O2)=CN1. The van der Waals surface area contributed by atoms with Crippen molar-refractivity contribution in [1.82, 2.24) is 5.32 Å². The fraction of sp³-hybridized carbons (Fsp3) is 0.769. The van der Waals surface area contributed by atoms with Crippen LogP contribution < -0.4 is 11.1 Å². The third-order valence-electron chi connectivity index (χ3n) is 4.04. The van der Waals surface area contributed by atoms with Gasteiger partial charge in [0.05, 0.1) is 17.6 Å². The highest BCUT2D eigenvalue weighted by atomic mass is 19.3. The highest BCUT2D eigenvalue weighted by molar-refractivity contribution is 6.60. The van der Waals surface area contributed by atoms with Crippen LogP contribution in [0.5, 0.6) is 0 Å². The molecule has 21 heavy (non-hydrogen) atoms. The summed E-state index contributed by atoms with van der Waals surface area (Å²) in [5.74, 6) is -4.42. The molecule has 1 fully saturated rings. The van der Waals surface area contributed by atoms with Gasteiger partial charge in [0.25, 0.3) is 5.92 Å². The number of aliphatic imine (C=N–C) groups is 1. The number of nitrogens with two attached hydrogens (primary N) is 1. The lowest BCUT2D eigenvalue weighted by atomic mass is 9.79. The van der Waals surface area contributed by atoms with Gasteiger partial charge in [0.15, 0.2) is 5.79 Å². The van der Waals surface area contributed by atoms with E-state index in [0.717, 1.165) is 6.92 Å². The summed E-state index contributed by atoms with van der Waals surface area (Å²) in [7, 11) is -0.599. The van der Waals surface area contributed by atoms with Gasteiger partial charge in [-0.05, 0) is 34.6 Å². The minimum atomic E-state index is -2.91. The maximum atomic E-state index is 13.1. The minimum absolute atomic E-state index is 0.472. The van der Waals surface area contributed by atoms with E-state index in [0.29, 0.717) is 5.47 Å².